The number of hydrogen-bond donors (Lipinski definition) is 1. The van der Waals surface area contributed by atoms with E-state index in [-0.39, 0.29) is 6.61 Å². The van der Waals surface area contributed by atoms with Gasteiger partial charge >= 0.3 is 0 Å². The fraction of sp³-hybridized carbons (Fsp3) is 0.600. The van der Waals surface area contributed by atoms with Crippen LogP contribution in [0.15, 0.2) is 6.07 Å². The predicted molar refractivity (Wildman–Crippen MR) is 74.7 cm³/mol. The van der Waals surface area contributed by atoms with Gasteiger partial charge in [-0.15, -0.1) is 0 Å². The van der Waals surface area contributed by atoms with E-state index in [1.165, 1.54) is 11.1 Å². The maximum atomic E-state index is 9.50. The number of hydrogen-bond acceptors (Lipinski definition) is 4. The van der Waals surface area contributed by atoms with E-state index in [1.807, 2.05) is 6.07 Å². The van der Waals surface area contributed by atoms with Crippen molar-refractivity contribution >= 4 is 0 Å². The molecule has 4 nitrogen and oxygen atoms in total. The van der Waals surface area contributed by atoms with Gasteiger partial charge in [-0.3, -0.25) is 4.90 Å². The van der Waals surface area contributed by atoms with E-state index in [2.05, 4.69) is 18.9 Å². The average molecular weight is 265 g/mol. The average Bonchev–Trinajstić information content (AvgIpc) is 2.44. The number of fused-ring (bicyclic) bond motifs is 1. The van der Waals surface area contributed by atoms with Crippen LogP contribution < -0.4 is 9.47 Å². The molecule has 0 spiro atoms. The SMILES string of the molecule is CCC1Cc2c(c(OC)cc(CO)c2OC)CN1C. The first kappa shape index (κ1) is 14.2. The van der Waals surface area contributed by atoms with Crippen LogP contribution in [0.25, 0.3) is 0 Å². The maximum Gasteiger partial charge on any atom is 0.128 e. The van der Waals surface area contributed by atoms with Crippen LogP contribution >= 0.6 is 0 Å². The zero-order valence-electron chi connectivity index (χ0n) is 12.2. The lowest BCUT2D eigenvalue weighted by Crippen LogP contribution is -2.37. The molecule has 0 radical (unpaired) electrons. The highest BCUT2D eigenvalue weighted by molar-refractivity contribution is 5.55. The summed E-state index contributed by atoms with van der Waals surface area (Å²) in [5.41, 5.74) is 3.18. The molecule has 4 heteroatoms. The van der Waals surface area contributed by atoms with Gasteiger partial charge in [0.2, 0.25) is 0 Å². The summed E-state index contributed by atoms with van der Waals surface area (Å²) in [4.78, 5) is 2.35. The van der Waals surface area contributed by atoms with E-state index in [4.69, 9.17) is 9.47 Å². The first-order valence-electron chi connectivity index (χ1n) is 6.72. The fourth-order valence-corrected chi connectivity index (χ4v) is 2.96. The Labute approximate surface area is 114 Å². The smallest absolute Gasteiger partial charge is 0.128 e. The summed E-state index contributed by atoms with van der Waals surface area (Å²) < 4.78 is 11.0. The van der Waals surface area contributed by atoms with Crippen LogP contribution in [0.4, 0.5) is 0 Å². The molecule has 1 atom stereocenters. The zero-order valence-corrected chi connectivity index (χ0v) is 12.2. The molecule has 1 aromatic rings. The lowest BCUT2D eigenvalue weighted by atomic mass is 9.89. The Morgan fingerprint density at radius 3 is 2.58 bits per heavy atom. The number of rotatable bonds is 4. The van der Waals surface area contributed by atoms with Gasteiger partial charge in [-0.1, -0.05) is 6.92 Å². The highest BCUT2D eigenvalue weighted by Crippen LogP contribution is 2.39. The third-order valence-electron chi connectivity index (χ3n) is 4.07. The second-order valence-electron chi connectivity index (χ2n) is 5.07. The number of ether oxygens (including phenoxy) is 2. The van der Waals surface area contributed by atoms with Gasteiger partial charge in [0, 0.05) is 29.3 Å². The van der Waals surface area contributed by atoms with Gasteiger partial charge in [0.1, 0.15) is 11.5 Å². The van der Waals surface area contributed by atoms with Crippen LogP contribution in [0.5, 0.6) is 11.5 Å². The topological polar surface area (TPSA) is 41.9 Å². The van der Waals surface area contributed by atoms with Crippen LogP contribution in [-0.2, 0) is 19.6 Å². The van der Waals surface area contributed by atoms with Gasteiger partial charge in [-0.25, -0.2) is 0 Å². The molecule has 1 aliphatic rings. The molecular formula is C15H23NO3. The van der Waals surface area contributed by atoms with Gasteiger partial charge in [0.05, 0.1) is 20.8 Å². The Bertz CT molecular complexity index is 459. The summed E-state index contributed by atoms with van der Waals surface area (Å²) in [5, 5.41) is 9.50. The molecule has 1 heterocycles. The first-order valence-corrected chi connectivity index (χ1v) is 6.72. The number of likely N-dealkylation sites (N-methyl/N-ethyl adjacent to an activating group) is 1. The Kier molecular flexibility index (Phi) is 4.32. The second kappa shape index (κ2) is 5.80. The molecule has 1 unspecified atom stereocenters. The van der Waals surface area contributed by atoms with E-state index in [1.54, 1.807) is 14.2 Å². The minimum atomic E-state index is -0.0283. The van der Waals surface area contributed by atoms with Crippen LogP contribution in [0, 0.1) is 0 Å². The van der Waals surface area contributed by atoms with E-state index < -0.39 is 0 Å². The van der Waals surface area contributed by atoms with E-state index in [0.29, 0.717) is 6.04 Å². The monoisotopic (exact) mass is 265 g/mol. The predicted octanol–water partition coefficient (Wildman–Crippen LogP) is 1.96. The molecule has 0 aliphatic carbocycles. The standard InChI is InChI=1S/C15H23NO3/c1-5-11-7-12-13(8-16(11)2)14(18-3)6-10(9-17)15(12)19-4/h6,11,17H,5,7-9H2,1-4H3. The van der Waals surface area contributed by atoms with Crippen molar-refractivity contribution in [3.63, 3.8) is 0 Å². The minimum absolute atomic E-state index is 0.0283. The van der Waals surface area contributed by atoms with Crippen molar-refractivity contribution in [1.29, 1.82) is 0 Å². The molecule has 0 amide bonds. The molecule has 0 fully saturated rings. The van der Waals surface area contributed by atoms with E-state index >= 15 is 0 Å². The molecule has 1 aliphatic heterocycles. The number of nitrogens with zero attached hydrogens (tertiary/aromatic N) is 1. The molecule has 0 bridgehead atoms. The Morgan fingerprint density at radius 2 is 2.05 bits per heavy atom. The quantitative estimate of drug-likeness (QED) is 0.903. The maximum absolute atomic E-state index is 9.50. The lowest BCUT2D eigenvalue weighted by Gasteiger charge is -2.35. The molecule has 19 heavy (non-hydrogen) atoms. The summed E-state index contributed by atoms with van der Waals surface area (Å²) >= 11 is 0. The Hall–Kier alpha value is -1.26. The summed E-state index contributed by atoms with van der Waals surface area (Å²) in [6, 6.07) is 2.40. The van der Waals surface area contributed by atoms with Gasteiger partial charge in [-0.05, 0) is 26.0 Å². The first-order chi connectivity index (χ1) is 9.15. The Morgan fingerprint density at radius 1 is 1.32 bits per heavy atom. The molecule has 106 valence electrons. The van der Waals surface area contributed by atoms with Crippen molar-refractivity contribution in [3.05, 3.63) is 22.8 Å². The normalized spacial score (nSPS) is 19.1. The molecule has 0 saturated carbocycles. The molecule has 1 aromatic carbocycles. The number of aliphatic hydroxyl groups is 1. The molecule has 1 N–H and O–H groups in total. The van der Waals surface area contributed by atoms with Crippen molar-refractivity contribution in [2.24, 2.45) is 0 Å². The van der Waals surface area contributed by atoms with Gasteiger partial charge < -0.3 is 14.6 Å². The van der Waals surface area contributed by atoms with E-state index in [0.717, 1.165) is 36.4 Å². The second-order valence-corrected chi connectivity index (χ2v) is 5.07. The van der Waals surface area contributed by atoms with Crippen molar-refractivity contribution in [2.75, 3.05) is 21.3 Å². The van der Waals surface area contributed by atoms with Crippen LogP contribution in [0.1, 0.15) is 30.0 Å². The fourth-order valence-electron chi connectivity index (χ4n) is 2.96. The molecule has 0 aromatic heterocycles. The van der Waals surface area contributed by atoms with Gasteiger partial charge in [0.25, 0.3) is 0 Å². The largest absolute Gasteiger partial charge is 0.496 e. The highest BCUT2D eigenvalue weighted by Gasteiger charge is 2.28. The number of benzene rings is 1. The van der Waals surface area contributed by atoms with Crippen molar-refractivity contribution in [1.82, 2.24) is 4.90 Å². The summed E-state index contributed by atoms with van der Waals surface area (Å²) in [7, 11) is 5.48. The van der Waals surface area contributed by atoms with Crippen molar-refractivity contribution in [2.45, 2.75) is 39.0 Å². The third-order valence-corrected chi connectivity index (χ3v) is 4.07. The molecule has 0 saturated heterocycles. The highest BCUT2D eigenvalue weighted by atomic mass is 16.5. The lowest BCUT2D eigenvalue weighted by molar-refractivity contribution is 0.202. The van der Waals surface area contributed by atoms with Gasteiger partial charge in [0.15, 0.2) is 0 Å². The summed E-state index contributed by atoms with van der Waals surface area (Å²) in [5.74, 6) is 1.67. The third kappa shape index (κ3) is 2.42. The van der Waals surface area contributed by atoms with Gasteiger partial charge in [-0.2, -0.15) is 0 Å². The van der Waals surface area contributed by atoms with Crippen molar-refractivity contribution < 1.29 is 14.6 Å². The summed E-state index contributed by atoms with van der Waals surface area (Å²) in [6.45, 7) is 3.03. The Balaban J connectivity index is 2.57. The summed E-state index contributed by atoms with van der Waals surface area (Å²) in [6.07, 6.45) is 2.04. The van der Waals surface area contributed by atoms with Crippen LogP contribution in [-0.4, -0.2) is 37.3 Å². The molecular weight excluding hydrogens is 242 g/mol. The zero-order chi connectivity index (χ0) is 14.0. The number of aliphatic hydroxyl groups excluding tert-OH is 1. The molecule has 2 rings (SSSR count). The van der Waals surface area contributed by atoms with Crippen LogP contribution in [0.3, 0.4) is 0 Å². The van der Waals surface area contributed by atoms with Crippen molar-refractivity contribution in [3.8, 4) is 11.5 Å². The van der Waals surface area contributed by atoms with Crippen LogP contribution in [0.2, 0.25) is 0 Å². The van der Waals surface area contributed by atoms with E-state index in [9.17, 15) is 5.11 Å². The minimum Gasteiger partial charge on any atom is -0.496 e. The number of methoxy groups -OCH3 is 2.